The molecule has 0 saturated heterocycles. The molecule has 0 aromatic heterocycles. The van der Waals surface area contributed by atoms with Gasteiger partial charge in [0.2, 0.25) is 5.12 Å². The van der Waals surface area contributed by atoms with Crippen molar-refractivity contribution in [1.29, 1.82) is 0 Å². The molecular weight excluding hydrogens is 298 g/mol. The Morgan fingerprint density at radius 2 is 1.68 bits per heavy atom. The van der Waals surface area contributed by atoms with Crippen molar-refractivity contribution >= 4 is 22.6 Å². The van der Waals surface area contributed by atoms with Crippen molar-refractivity contribution < 1.29 is 9.72 Å². The Bertz CT molecular complexity index is 663. The second-order valence-corrected chi connectivity index (χ2v) is 6.22. The van der Waals surface area contributed by atoms with Crippen molar-refractivity contribution in [2.45, 2.75) is 25.5 Å². The van der Waals surface area contributed by atoms with Gasteiger partial charge in [-0.05, 0) is 17.0 Å². The second-order valence-electron chi connectivity index (χ2n) is 5.28. The first-order valence-corrected chi connectivity index (χ1v) is 7.96. The fourth-order valence-electron chi connectivity index (χ4n) is 1.95. The van der Waals surface area contributed by atoms with Gasteiger partial charge in [-0.2, -0.15) is 0 Å². The molecule has 0 saturated carbocycles. The molecule has 2 rings (SSSR count). The molecule has 0 fully saturated rings. The third-order valence-corrected chi connectivity index (χ3v) is 4.31. The Morgan fingerprint density at radius 3 is 2.18 bits per heavy atom. The van der Waals surface area contributed by atoms with E-state index in [0.717, 1.165) is 5.56 Å². The zero-order valence-corrected chi connectivity index (χ0v) is 13.3. The van der Waals surface area contributed by atoms with Crippen molar-refractivity contribution in [3.05, 3.63) is 75.3 Å². The summed E-state index contributed by atoms with van der Waals surface area (Å²) in [5.74, 6) is 0.944. The first-order valence-electron chi connectivity index (χ1n) is 6.98. The lowest BCUT2D eigenvalue weighted by atomic mass is 10.0. The number of thioether (sulfide) groups is 1. The number of hydrogen-bond donors (Lipinski definition) is 0. The molecule has 22 heavy (non-hydrogen) atoms. The quantitative estimate of drug-likeness (QED) is 0.588. The van der Waals surface area contributed by atoms with Gasteiger partial charge in [0.15, 0.2) is 0 Å². The normalized spacial score (nSPS) is 10.7. The van der Waals surface area contributed by atoms with Gasteiger partial charge in [0.1, 0.15) is 0 Å². The molecule has 0 unspecified atom stereocenters. The van der Waals surface area contributed by atoms with Crippen LogP contribution in [0.2, 0.25) is 0 Å². The number of non-ortho nitro benzene ring substituents is 1. The predicted octanol–water partition coefficient (Wildman–Crippen LogP) is 4.79. The van der Waals surface area contributed by atoms with E-state index in [1.807, 2.05) is 24.3 Å². The molecule has 0 aliphatic carbocycles. The van der Waals surface area contributed by atoms with Crippen LogP contribution in [0.15, 0.2) is 48.5 Å². The number of carbonyl (C=O) groups excluding carboxylic acids is 1. The SMILES string of the molecule is CC(C)c1ccc(C(=O)SCc2ccc([N+](=O)[O-])cc2)cc1. The molecule has 2 aromatic rings. The zero-order chi connectivity index (χ0) is 16.1. The van der Waals surface area contributed by atoms with Crippen molar-refractivity contribution in [1.82, 2.24) is 0 Å². The molecule has 5 heteroatoms. The van der Waals surface area contributed by atoms with Gasteiger partial charge in [-0.1, -0.05) is 62.0 Å². The summed E-state index contributed by atoms with van der Waals surface area (Å²) in [5.41, 5.74) is 2.83. The van der Waals surface area contributed by atoms with E-state index in [2.05, 4.69) is 13.8 Å². The Hall–Kier alpha value is -2.14. The third-order valence-electron chi connectivity index (χ3n) is 3.33. The van der Waals surface area contributed by atoms with Gasteiger partial charge < -0.3 is 0 Å². The summed E-state index contributed by atoms with van der Waals surface area (Å²) >= 11 is 1.20. The first kappa shape index (κ1) is 16.2. The molecular formula is C17H17NO3S. The monoisotopic (exact) mass is 315 g/mol. The zero-order valence-electron chi connectivity index (χ0n) is 12.5. The van der Waals surface area contributed by atoms with Crippen LogP contribution in [0, 0.1) is 10.1 Å². The molecule has 0 bridgehead atoms. The molecule has 0 heterocycles. The highest BCUT2D eigenvalue weighted by Crippen LogP contribution is 2.22. The molecule has 0 N–H and O–H groups in total. The van der Waals surface area contributed by atoms with Crippen molar-refractivity contribution in [2.24, 2.45) is 0 Å². The van der Waals surface area contributed by atoms with Crippen molar-refractivity contribution in [3.63, 3.8) is 0 Å². The lowest BCUT2D eigenvalue weighted by Gasteiger charge is -2.06. The fourth-order valence-corrected chi connectivity index (χ4v) is 2.74. The summed E-state index contributed by atoms with van der Waals surface area (Å²) in [6.45, 7) is 4.22. The number of rotatable bonds is 5. The summed E-state index contributed by atoms with van der Waals surface area (Å²) < 4.78 is 0. The minimum absolute atomic E-state index is 0.00802. The molecule has 0 radical (unpaired) electrons. The van der Waals surface area contributed by atoms with E-state index in [4.69, 9.17) is 0 Å². The predicted molar refractivity (Wildman–Crippen MR) is 89.3 cm³/mol. The van der Waals surface area contributed by atoms with Crippen LogP contribution < -0.4 is 0 Å². The van der Waals surface area contributed by atoms with Gasteiger partial charge >= 0.3 is 0 Å². The largest absolute Gasteiger partial charge is 0.282 e. The molecule has 0 atom stereocenters. The highest BCUT2D eigenvalue weighted by molar-refractivity contribution is 8.13. The topological polar surface area (TPSA) is 60.2 Å². The summed E-state index contributed by atoms with van der Waals surface area (Å²) in [6, 6.07) is 13.9. The number of nitro groups is 1. The van der Waals surface area contributed by atoms with Gasteiger partial charge in [-0.3, -0.25) is 14.9 Å². The van der Waals surface area contributed by atoms with E-state index in [-0.39, 0.29) is 10.8 Å². The fraction of sp³-hybridized carbons (Fsp3) is 0.235. The molecule has 0 amide bonds. The summed E-state index contributed by atoms with van der Waals surface area (Å²) in [6.07, 6.45) is 0. The van der Waals surface area contributed by atoms with Crippen molar-refractivity contribution in [3.8, 4) is 0 Å². The number of hydrogen-bond acceptors (Lipinski definition) is 4. The second kappa shape index (κ2) is 7.22. The first-order chi connectivity index (χ1) is 10.5. The average Bonchev–Trinajstić information content (AvgIpc) is 2.53. The van der Waals surface area contributed by atoms with E-state index in [0.29, 0.717) is 17.2 Å². The van der Waals surface area contributed by atoms with Crippen LogP contribution in [0.3, 0.4) is 0 Å². The standard InChI is InChI=1S/C17H17NO3S/c1-12(2)14-5-7-15(8-6-14)17(19)22-11-13-3-9-16(10-4-13)18(20)21/h3-10,12H,11H2,1-2H3. The Morgan fingerprint density at radius 1 is 1.09 bits per heavy atom. The van der Waals surface area contributed by atoms with Gasteiger partial charge in [0.25, 0.3) is 5.69 Å². The van der Waals surface area contributed by atoms with E-state index < -0.39 is 4.92 Å². The van der Waals surface area contributed by atoms with Gasteiger partial charge in [-0.15, -0.1) is 0 Å². The maximum atomic E-state index is 12.1. The smallest absolute Gasteiger partial charge is 0.269 e. The van der Waals surface area contributed by atoms with Crippen LogP contribution in [0.5, 0.6) is 0 Å². The molecule has 114 valence electrons. The number of benzene rings is 2. The summed E-state index contributed by atoms with van der Waals surface area (Å²) in [4.78, 5) is 22.3. The number of nitro benzene ring substituents is 1. The van der Waals surface area contributed by atoms with Crippen LogP contribution in [0.4, 0.5) is 5.69 Å². The van der Waals surface area contributed by atoms with Gasteiger partial charge in [0, 0.05) is 23.4 Å². The Labute approximate surface area is 133 Å². The Kier molecular flexibility index (Phi) is 5.33. The van der Waals surface area contributed by atoms with Crippen LogP contribution in [-0.4, -0.2) is 10.0 Å². The maximum absolute atomic E-state index is 12.1. The molecule has 0 spiro atoms. The van der Waals surface area contributed by atoms with Crippen LogP contribution in [-0.2, 0) is 5.75 Å². The minimum atomic E-state index is -0.432. The van der Waals surface area contributed by atoms with E-state index >= 15 is 0 Å². The number of carbonyl (C=O) groups is 1. The van der Waals surface area contributed by atoms with Crippen LogP contribution >= 0.6 is 11.8 Å². The molecule has 0 aliphatic heterocycles. The van der Waals surface area contributed by atoms with Crippen LogP contribution in [0.1, 0.15) is 41.3 Å². The van der Waals surface area contributed by atoms with Crippen LogP contribution in [0.25, 0.3) is 0 Å². The molecule has 2 aromatic carbocycles. The highest BCUT2D eigenvalue weighted by Gasteiger charge is 2.09. The summed E-state index contributed by atoms with van der Waals surface area (Å²) in [7, 11) is 0. The lowest BCUT2D eigenvalue weighted by molar-refractivity contribution is -0.384. The van der Waals surface area contributed by atoms with E-state index in [9.17, 15) is 14.9 Å². The maximum Gasteiger partial charge on any atom is 0.269 e. The molecule has 4 nitrogen and oxygen atoms in total. The Balaban J connectivity index is 1.96. The highest BCUT2D eigenvalue weighted by atomic mass is 32.2. The van der Waals surface area contributed by atoms with Gasteiger partial charge in [0.05, 0.1) is 4.92 Å². The van der Waals surface area contributed by atoms with Crippen molar-refractivity contribution in [2.75, 3.05) is 0 Å². The lowest BCUT2D eigenvalue weighted by Crippen LogP contribution is -1.96. The number of nitrogens with zero attached hydrogens (tertiary/aromatic N) is 1. The van der Waals surface area contributed by atoms with E-state index in [1.54, 1.807) is 12.1 Å². The average molecular weight is 315 g/mol. The van der Waals surface area contributed by atoms with Gasteiger partial charge in [-0.25, -0.2) is 0 Å². The third kappa shape index (κ3) is 4.18. The van der Waals surface area contributed by atoms with E-state index in [1.165, 1.54) is 29.5 Å². The molecule has 0 aliphatic rings. The summed E-state index contributed by atoms with van der Waals surface area (Å²) in [5, 5.41) is 10.6. The minimum Gasteiger partial charge on any atom is -0.282 e.